The average Bonchev–Trinajstić information content (AvgIpc) is 2.68. The lowest BCUT2D eigenvalue weighted by molar-refractivity contribution is 0.125. The number of nitrogens with zero attached hydrogens (tertiary/aromatic N) is 2. The van der Waals surface area contributed by atoms with E-state index in [1.54, 1.807) is 0 Å². The molecule has 1 aromatic rings. The van der Waals surface area contributed by atoms with Crippen molar-refractivity contribution in [1.29, 1.82) is 0 Å². The van der Waals surface area contributed by atoms with Crippen LogP contribution < -0.4 is 5.32 Å². The first kappa shape index (κ1) is 15.2. The van der Waals surface area contributed by atoms with Crippen LogP contribution in [0.2, 0.25) is 0 Å². The molecule has 0 aliphatic rings. The van der Waals surface area contributed by atoms with Crippen molar-refractivity contribution in [3.8, 4) is 0 Å². The average molecular weight is 253 g/mol. The fourth-order valence-corrected chi connectivity index (χ4v) is 1.69. The van der Waals surface area contributed by atoms with Gasteiger partial charge >= 0.3 is 0 Å². The Hall–Kier alpha value is -0.870. The van der Waals surface area contributed by atoms with E-state index in [4.69, 9.17) is 4.74 Å². The van der Waals surface area contributed by atoms with Crippen LogP contribution in [-0.2, 0) is 24.8 Å². The Kier molecular flexibility index (Phi) is 6.98. The molecule has 0 spiro atoms. The first-order valence-electron chi connectivity index (χ1n) is 6.93. The van der Waals surface area contributed by atoms with Crippen molar-refractivity contribution in [2.75, 3.05) is 19.8 Å². The maximum Gasteiger partial charge on any atom is 0.0625 e. The second kappa shape index (κ2) is 8.27. The highest BCUT2D eigenvalue weighted by Crippen LogP contribution is 2.03. The number of rotatable bonds is 9. The van der Waals surface area contributed by atoms with Crippen LogP contribution in [-0.4, -0.2) is 29.5 Å². The largest absolute Gasteiger partial charge is 0.380 e. The summed E-state index contributed by atoms with van der Waals surface area (Å²) in [4.78, 5) is 0. The quantitative estimate of drug-likeness (QED) is 0.685. The summed E-state index contributed by atoms with van der Waals surface area (Å²) < 4.78 is 7.50. The summed E-state index contributed by atoms with van der Waals surface area (Å²) in [6.45, 7) is 9.96. The van der Waals surface area contributed by atoms with Gasteiger partial charge in [-0.25, -0.2) is 0 Å². The van der Waals surface area contributed by atoms with Crippen molar-refractivity contribution >= 4 is 0 Å². The van der Waals surface area contributed by atoms with E-state index < -0.39 is 0 Å². The molecule has 0 atom stereocenters. The van der Waals surface area contributed by atoms with Crippen LogP contribution in [0.25, 0.3) is 0 Å². The fourth-order valence-electron chi connectivity index (χ4n) is 1.69. The van der Waals surface area contributed by atoms with Gasteiger partial charge in [-0.2, -0.15) is 5.10 Å². The highest BCUT2D eigenvalue weighted by Gasteiger charge is 2.02. The molecule has 1 heterocycles. The van der Waals surface area contributed by atoms with Gasteiger partial charge in [0.05, 0.1) is 18.0 Å². The number of ether oxygens (including phenoxy) is 1. The van der Waals surface area contributed by atoms with E-state index in [1.165, 1.54) is 5.69 Å². The Morgan fingerprint density at radius 3 is 2.78 bits per heavy atom. The standard InChI is InChI=1S/C14H27N3O/c1-5-13-10-14(17(4)16-13)11-15-7-9-18-8-6-12(2)3/h10,12,15H,5-9,11H2,1-4H3. The number of aromatic nitrogens is 2. The summed E-state index contributed by atoms with van der Waals surface area (Å²) in [6, 6.07) is 2.16. The normalized spacial score (nSPS) is 11.4. The zero-order valence-corrected chi connectivity index (χ0v) is 12.2. The predicted molar refractivity (Wildman–Crippen MR) is 74.6 cm³/mol. The third kappa shape index (κ3) is 5.65. The van der Waals surface area contributed by atoms with Gasteiger partial charge in [-0.15, -0.1) is 0 Å². The number of nitrogens with one attached hydrogen (secondary N) is 1. The number of aryl methyl sites for hydroxylation is 2. The second-order valence-electron chi connectivity index (χ2n) is 5.08. The molecule has 0 saturated carbocycles. The molecule has 0 radical (unpaired) electrons. The lowest BCUT2D eigenvalue weighted by Crippen LogP contribution is -2.21. The summed E-state index contributed by atoms with van der Waals surface area (Å²) in [6.07, 6.45) is 2.13. The van der Waals surface area contributed by atoms with Gasteiger partial charge in [-0.1, -0.05) is 20.8 Å². The summed E-state index contributed by atoms with van der Waals surface area (Å²) in [5.41, 5.74) is 2.39. The molecular weight excluding hydrogens is 226 g/mol. The maximum atomic E-state index is 5.55. The SMILES string of the molecule is CCc1cc(CNCCOCCC(C)C)n(C)n1. The lowest BCUT2D eigenvalue weighted by atomic mass is 10.1. The highest BCUT2D eigenvalue weighted by molar-refractivity contribution is 5.09. The molecular formula is C14H27N3O. The molecule has 0 amide bonds. The third-order valence-corrected chi connectivity index (χ3v) is 2.96. The lowest BCUT2D eigenvalue weighted by Gasteiger charge is -2.07. The first-order valence-corrected chi connectivity index (χ1v) is 6.93. The van der Waals surface area contributed by atoms with Crippen LogP contribution in [0.5, 0.6) is 0 Å². The van der Waals surface area contributed by atoms with E-state index in [1.807, 2.05) is 11.7 Å². The summed E-state index contributed by atoms with van der Waals surface area (Å²) in [7, 11) is 2.00. The van der Waals surface area contributed by atoms with Crippen LogP contribution in [0.15, 0.2) is 6.07 Å². The van der Waals surface area contributed by atoms with Gasteiger partial charge in [0.1, 0.15) is 0 Å². The van der Waals surface area contributed by atoms with Crippen molar-refractivity contribution in [3.63, 3.8) is 0 Å². The minimum absolute atomic E-state index is 0.722. The van der Waals surface area contributed by atoms with Crippen LogP contribution in [0, 0.1) is 5.92 Å². The highest BCUT2D eigenvalue weighted by atomic mass is 16.5. The van der Waals surface area contributed by atoms with Crippen LogP contribution >= 0.6 is 0 Å². The Morgan fingerprint density at radius 1 is 1.39 bits per heavy atom. The van der Waals surface area contributed by atoms with Gasteiger partial charge in [0, 0.05) is 26.7 Å². The molecule has 0 unspecified atom stereocenters. The molecule has 0 aliphatic carbocycles. The van der Waals surface area contributed by atoms with E-state index in [0.717, 1.165) is 50.8 Å². The number of hydrogen-bond donors (Lipinski definition) is 1. The Morgan fingerprint density at radius 2 is 2.17 bits per heavy atom. The minimum atomic E-state index is 0.722. The first-order chi connectivity index (χ1) is 8.63. The minimum Gasteiger partial charge on any atom is -0.380 e. The Labute approximate surface area is 111 Å². The molecule has 0 aliphatic heterocycles. The fraction of sp³-hybridized carbons (Fsp3) is 0.786. The van der Waals surface area contributed by atoms with Gasteiger partial charge in [0.15, 0.2) is 0 Å². The van der Waals surface area contributed by atoms with Crippen LogP contribution in [0.1, 0.15) is 38.6 Å². The van der Waals surface area contributed by atoms with Crippen LogP contribution in [0.4, 0.5) is 0 Å². The van der Waals surface area contributed by atoms with Gasteiger partial charge in [0.25, 0.3) is 0 Å². The summed E-state index contributed by atoms with van der Waals surface area (Å²) in [5, 5.41) is 7.80. The molecule has 18 heavy (non-hydrogen) atoms. The van der Waals surface area contributed by atoms with E-state index in [0.29, 0.717) is 0 Å². The summed E-state index contributed by atoms with van der Waals surface area (Å²) >= 11 is 0. The molecule has 1 N–H and O–H groups in total. The van der Waals surface area contributed by atoms with Crippen molar-refractivity contribution in [2.45, 2.75) is 40.2 Å². The van der Waals surface area contributed by atoms with E-state index in [-0.39, 0.29) is 0 Å². The maximum absolute atomic E-state index is 5.55. The van der Waals surface area contributed by atoms with Crippen molar-refractivity contribution in [3.05, 3.63) is 17.5 Å². The van der Waals surface area contributed by atoms with Crippen molar-refractivity contribution in [2.24, 2.45) is 13.0 Å². The molecule has 0 fully saturated rings. The zero-order chi connectivity index (χ0) is 13.4. The number of hydrogen-bond acceptors (Lipinski definition) is 3. The van der Waals surface area contributed by atoms with Gasteiger partial charge < -0.3 is 10.1 Å². The smallest absolute Gasteiger partial charge is 0.0625 e. The Balaban J connectivity index is 2.08. The van der Waals surface area contributed by atoms with E-state index in [9.17, 15) is 0 Å². The molecule has 0 aromatic carbocycles. The van der Waals surface area contributed by atoms with E-state index in [2.05, 4.69) is 37.3 Å². The molecule has 1 aromatic heterocycles. The molecule has 4 nitrogen and oxygen atoms in total. The van der Waals surface area contributed by atoms with Crippen molar-refractivity contribution < 1.29 is 4.74 Å². The molecule has 104 valence electrons. The van der Waals surface area contributed by atoms with Crippen molar-refractivity contribution in [1.82, 2.24) is 15.1 Å². The zero-order valence-electron chi connectivity index (χ0n) is 12.2. The van der Waals surface area contributed by atoms with Gasteiger partial charge in [-0.3, -0.25) is 4.68 Å². The topological polar surface area (TPSA) is 39.1 Å². The van der Waals surface area contributed by atoms with Gasteiger partial charge in [0.2, 0.25) is 0 Å². The third-order valence-electron chi connectivity index (χ3n) is 2.96. The van der Waals surface area contributed by atoms with Gasteiger partial charge in [-0.05, 0) is 24.8 Å². The predicted octanol–water partition coefficient (Wildman–Crippen LogP) is 2.13. The second-order valence-corrected chi connectivity index (χ2v) is 5.08. The van der Waals surface area contributed by atoms with E-state index >= 15 is 0 Å². The van der Waals surface area contributed by atoms with Crippen LogP contribution in [0.3, 0.4) is 0 Å². The Bertz CT molecular complexity index is 334. The monoisotopic (exact) mass is 253 g/mol. The molecule has 0 bridgehead atoms. The molecule has 4 heteroatoms. The molecule has 0 saturated heterocycles. The molecule has 1 rings (SSSR count). The summed E-state index contributed by atoms with van der Waals surface area (Å²) in [5.74, 6) is 0.722.